The van der Waals surface area contributed by atoms with E-state index in [4.69, 9.17) is 10.4 Å². The largest absolute Gasteiger partial charge is 0.481 e. The number of benzene rings is 1. The summed E-state index contributed by atoms with van der Waals surface area (Å²) in [6.07, 6.45) is -4.89. The summed E-state index contributed by atoms with van der Waals surface area (Å²) in [5.41, 5.74) is -0.424. The fraction of sp³-hybridized carbons (Fsp3) is 0.385. The van der Waals surface area contributed by atoms with E-state index in [9.17, 15) is 30.8 Å². The molecule has 1 aliphatic heterocycles. The van der Waals surface area contributed by atoms with E-state index < -0.39 is 63.4 Å². The zero-order valence-electron chi connectivity index (χ0n) is 11.8. The minimum absolute atomic E-state index is 0.366. The lowest BCUT2D eigenvalue weighted by Crippen LogP contribution is -2.34. The third kappa shape index (κ3) is 3.20. The number of carbonyl (C=O) groups is 1. The molecule has 1 saturated heterocycles. The normalized spacial score (nSPS) is 22.3. The van der Waals surface area contributed by atoms with Crippen LogP contribution in [0.15, 0.2) is 23.1 Å². The van der Waals surface area contributed by atoms with Crippen LogP contribution in [0.5, 0.6) is 0 Å². The molecule has 1 aromatic rings. The number of sulfonamides is 1. The lowest BCUT2D eigenvalue weighted by atomic mass is 9.96. The topological polar surface area (TPSA) is 98.5 Å². The Bertz CT molecular complexity index is 816. The number of alkyl halides is 3. The molecule has 2 rings (SSSR count). The van der Waals surface area contributed by atoms with E-state index in [-0.39, 0.29) is 0 Å². The summed E-state index contributed by atoms with van der Waals surface area (Å²) < 4.78 is 77.4. The molecule has 0 spiro atoms. The number of halogens is 4. The number of nitrogens with zero attached hydrogens (tertiary/aromatic N) is 2. The molecule has 1 fully saturated rings. The summed E-state index contributed by atoms with van der Waals surface area (Å²) in [5.74, 6) is -7.20. The summed E-state index contributed by atoms with van der Waals surface area (Å²) in [6.45, 7) is -1.94. The van der Waals surface area contributed by atoms with E-state index in [0.717, 1.165) is 12.1 Å². The van der Waals surface area contributed by atoms with Crippen molar-refractivity contribution in [1.82, 2.24) is 4.31 Å². The monoisotopic (exact) mass is 366 g/mol. The number of carboxylic acids is 1. The average molecular weight is 366 g/mol. The molecule has 130 valence electrons. The highest BCUT2D eigenvalue weighted by molar-refractivity contribution is 7.89. The predicted octanol–water partition coefficient (Wildman–Crippen LogP) is 1.58. The van der Waals surface area contributed by atoms with Gasteiger partial charge in [-0.15, -0.1) is 0 Å². The van der Waals surface area contributed by atoms with Gasteiger partial charge in [-0.05, 0) is 18.2 Å². The maximum absolute atomic E-state index is 13.6. The quantitative estimate of drug-likeness (QED) is 0.819. The number of hydrogen-bond donors (Lipinski definition) is 1. The fourth-order valence-corrected chi connectivity index (χ4v) is 3.95. The molecule has 0 radical (unpaired) electrons. The van der Waals surface area contributed by atoms with Crippen LogP contribution in [0.2, 0.25) is 0 Å². The molecule has 1 heterocycles. The molecular formula is C13H10F4N2O4S. The summed E-state index contributed by atoms with van der Waals surface area (Å²) >= 11 is 0. The minimum atomic E-state index is -4.89. The van der Waals surface area contributed by atoms with Crippen LogP contribution in [-0.2, 0) is 14.8 Å². The van der Waals surface area contributed by atoms with Gasteiger partial charge in [0.2, 0.25) is 10.0 Å². The molecule has 0 saturated carbocycles. The van der Waals surface area contributed by atoms with E-state index in [2.05, 4.69) is 0 Å². The van der Waals surface area contributed by atoms with Gasteiger partial charge in [0.05, 0.1) is 22.3 Å². The summed E-state index contributed by atoms with van der Waals surface area (Å²) in [7, 11) is -4.53. The van der Waals surface area contributed by atoms with Crippen molar-refractivity contribution in [3.05, 3.63) is 29.6 Å². The Balaban J connectivity index is 2.39. The van der Waals surface area contributed by atoms with E-state index >= 15 is 0 Å². The molecular weight excluding hydrogens is 356 g/mol. The van der Waals surface area contributed by atoms with Gasteiger partial charge in [0, 0.05) is 13.1 Å². The minimum Gasteiger partial charge on any atom is -0.481 e. The first kappa shape index (κ1) is 18.2. The molecule has 2 atom stereocenters. The number of carboxylic acid groups (broad SMARTS) is 1. The van der Waals surface area contributed by atoms with Crippen molar-refractivity contribution >= 4 is 16.0 Å². The maximum atomic E-state index is 13.6. The highest BCUT2D eigenvalue weighted by Gasteiger charge is 2.55. The van der Waals surface area contributed by atoms with E-state index in [1.54, 1.807) is 0 Å². The van der Waals surface area contributed by atoms with E-state index in [0.29, 0.717) is 10.4 Å². The van der Waals surface area contributed by atoms with Gasteiger partial charge < -0.3 is 5.11 Å². The second-order valence-corrected chi connectivity index (χ2v) is 7.11. The molecule has 11 heteroatoms. The van der Waals surface area contributed by atoms with Crippen LogP contribution >= 0.6 is 0 Å². The van der Waals surface area contributed by atoms with Crippen molar-refractivity contribution in [2.24, 2.45) is 11.8 Å². The van der Waals surface area contributed by atoms with Crippen LogP contribution in [0.3, 0.4) is 0 Å². The first-order valence-electron chi connectivity index (χ1n) is 6.47. The van der Waals surface area contributed by atoms with Gasteiger partial charge in [-0.25, -0.2) is 12.8 Å². The van der Waals surface area contributed by atoms with Gasteiger partial charge in [0.1, 0.15) is 11.9 Å². The summed E-state index contributed by atoms with van der Waals surface area (Å²) in [5, 5.41) is 17.5. The maximum Gasteiger partial charge on any atom is 0.393 e. The van der Waals surface area contributed by atoms with Crippen molar-refractivity contribution in [3.63, 3.8) is 0 Å². The summed E-state index contributed by atoms with van der Waals surface area (Å²) in [6, 6.07) is 3.77. The molecule has 1 aliphatic rings. The fourth-order valence-electron chi connectivity index (χ4n) is 2.44. The number of nitriles is 1. The lowest BCUT2D eigenvalue weighted by molar-refractivity contribution is -0.187. The molecule has 1 aromatic carbocycles. The van der Waals surface area contributed by atoms with Crippen LogP contribution in [0.4, 0.5) is 17.6 Å². The van der Waals surface area contributed by atoms with Crippen LogP contribution in [0.25, 0.3) is 0 Å². The molecule has 0 unspecified atom stereocenters. The lowest BCUT2D eigenvalue weighted by Gasteiger charge is -2.18. The second-order valence-electron chi connectivity index (χ2n) is 5.17. The van der Waals surface area contributed by atoms with Crippen molar-refractivity contribution in [2.45, 2.75) is 11.1 Å². The first-order valence-corrected chi connectivity index (χ1v) is 7.92. The molecule has 1 N–H and O–H groups in total. The van der Waals surface area contributed by atoms with Gasteiger partial charge >= 0.3 is 12.1 Å². The van der Waals surface area contributed by atoms with Crippen LogP contribution in [0.1, 0.15) is 5.56 Å². The van der Waals surface area contributed by atoms with Crippen LogP contribution in [-0.4, -0.2) is 43.1 Å². The molecule has 24 heavy (non-hydrogen) atoms. The van der Waals surface area contributed by atoms with Crippen molar-refractivity contribution < 1.29 is 35.9 Å². The molecule has 0 amide bonds. The smallest absolute Gasteiger partial charge is 0.393 e. The Morgan fingerprint density at radius 2 is 1.96 bits per heavy atom. The number of rotatable bonds is 3. The standard InChI is InChI=1S/C13H10F4N2O4S/c14-11-3-8(2-1-7(11)4-18)24(22,23)19-5-9(12(20)21)10(6-19)13(15,16)17/h1-3,9-10H,5-6H2,(H,20,21)/t9-,10-/m1/s1. The van der Waals surface area contributed by atoms with Crippen molar-refractivity contribution in [1.29, 1.82) is 5.26 Å². The Labute approximate surface area is 134 Å². The molecule has 0 aliphatic carbocycles. The third-order valence-corrected chi connectivity index (χ3v) is 5.55. The highest BCUT2D eigenvalue weighted by Crippen LogP contribution is 2.39. The average Bonchev–Trinajstić information content (AvgIpc) is 2.93. The Kier molecular flexibility index (Phi) is 4.56. The SMILES string of the molecule is N#Cc1ccc(S(=O)(=O)N2C[C@@H](C(F)(F)F)[C@H](C(=O)O)C2)cc1F. The first-order chi connectivity index (χ1) is 11.0. The zero-order valence-corrected chi connectivity index (χ0v) is 12.6. The molecule has 6 nitrogen and oxygen atoms in total. The van der Waals surface area contributed by atoms with Crippen LogP contribution < -0.4 is 0 Å². The van der Waals surface area contributed by atoms with Crippen molar-refractivity contribution in [2.75, 3.05) is 13.1 Å². The number of aliphatic carboxylic acids is 1. The van der Waals surface area contributed by atoms with Gasteiger partial charge in [-0.2, -0.15) is 22.7 Å². The predicted molar refractivity (Wildman–Crippen MR) is 70.5 cm³/mol. The molecule has 0 bridgehead atoms. The Morgan fingerprint density at radius 1 is 1.33 bits per heavy atom. The van der Waals surface area contributed by atoms with Gasteiger partial charge in [0.25, 0.3) is 0 Å². The summed E-state index contributed by atoms with van der Waals surface area (Å²) in [4.78, 5) is 10.3. The van der Waals surface area contributed by atoms with Gasteiger partial charge in [0.15, 0.2) is 0 Å². The van der Waals surface area contributed by atoms with Crippen molar-refractivity contribution in [3.8, 4) is 6.07 Å². The van der Waals surface area contributed by atoms with Gasteiger partial charge in [-0.1, -0.05) is 0 Å². The molecule has 0 aromatic heterocycles. The number of hydrogen-bond acceptors (Lipinski definition) is 4. The Hall–Kier alpha value is -2.19. The Morgan fingerprint density at radius 3 is 2.38 bits per heavy atom. The van der Waals surface area contributed by atoms with Crippen LogP contribution in [0, 0.1) is 29.0 Å². The van der Waals surface area contributed by atoms with E-state index in [1.807, 2.05) is 0 Å². The second kappa shape index (κ2) is 6.03. The van der Waals surface area contributed by atoms with Gasteiger partial charge in [-0.3, -0.25) is 4.79 Å². The third-order valence-electron chi connectivity index (χ3n) is 3.72. The zero-order chi connectivity index (χ0) is 18.3. The highest BCUT2D eigenvalue weighted by atomic mass is 32.2. The van der Waals surface area contributed by atoms with E-state index in [1.165, 1.54) is 6.07 Å².